The number of carbonyl (C=O) groups is 1. The third-order valence-corrected chi connectivity index (χ3v) is 9.40. The predicted molar refractivity (Wildman–Crippen MR) is 148 cm³/mol. The van der Waals surface area contributed by atoms with Crippen LogP contribution < -0.4 is 9.04 Å². The molecule has 1 aromatic heterocycles. The molecule has 2 aromatic carbocycles. The van der Waals surface area contributed by atoms with Crippen molar-refractivity contribution in [3.05, 3.63) is 58.2 Å². The van der Waals surface area contributed by atoms with E-state index in [-0.39, 0.29) is 17.7 Å². The summed E-state index contributed by atoms with van der Waals surface area (Å²) in [4.78, 5) is 15.9. The summed E-state index contributed by atoms with van der Waals surface area (Å²) in [5, 5.41) is 5.97. The number of halogens is 2. The van der Waals surface area contributed by atoms with Crippen LogP contribution in [0.3, 0.4) is 0 Å². The van der Waals surface area contributed by atoms with Crippen molar-refractivity contribution in [1.82, 2.24) is 19.6 Å². The van der Waals surface area contributed by atoms with Crippen molar-refractivity contribution in [1.29, 1.82) is 0 Å². The SMILES string of the molecule is COc1ccc(-c2c3c(nn2-c2ccc(Cl)cc2Cl)C(N2CCN(C(C)=O)CC2)CS(O)(O)N3C)cc1. The molecule has 5 rings (SSSR count). The van der Waals surface area contributed by atoms with Gasteiger partial charge in [-0.3, -0.25) is 23.1 Å². The maximum absolute atomic E-state index is 11.9. The Morgan fingerprint density at radius 2 is 1.76 bits per heavy atom. The molecule has 3 aromatic rings. The lowest BCUT2D eigenvalue weighted by Gasteiger charge is -2.50. The van der Waals surface area contributed by atoms with Gasteiger partial charge in [-0.15, -0.1) is 10.8 Å². The molecule has 12 heteroatoms. The summed E-state index contributed by atoms with van der Waals surface area (Å²) in [6.45, 7) is 3.93. The maximum Gasteiger partial charge on any atom is 0.219 e. The highest BCUT2D eigenvalue weighted by Crippen LogP contribution is 2.58. The van der Waals surface area contributed by atoms with Gasteiger partial charge in [-0.25, -0.2) is 4.68 Å². The molecule has 0 spiro atoms. The average molecular weight is 567 g/mol. The van der Waals surface area contributed by atoms with Crippen LogP contribution in [0.15, 0.2) is 42.5 Å². The molecule has 0 bridgehead atoms. The molecule has 37 heavy (non-hydrogen) atoms. The molecule has 0 saturated carbocycles. The highest BCUT2D eigenvalue weighted by atomic mass is 35.5. The summed E-state index contributed by atoms with van der Waals surface area (Å²) < 4.78 is 31.1. The fraction of sp³-hybridized carbons (Fsp3) is 0.360. The van der Waals surface area contributed by atoms with E-state index in [1.54, 1.807) is 48.9 Å². The van der Waals surface area contributed by atoms with E-state index in [2.05, 4.69) is 4.90 Å². The van der Waals surface area contributed by atoms with Gasteiger partial charge in [0.1, 0.15) is 17.1 Å². The Morgan fingerprint density at radius 3 is 2.35 bits per heavy atom. The van der Waals surface area contributed by atoms with Crippen molar-refractivity contribution >= 4 is 45.6 Å². The van der Waals surface area contributed by atoms with Gasteiger partial charge in [-0.1, -0.05) is 23.2 Å². The van der Waals surface area contributed by atoms with Gasteiger partial charge >= 0.3 is 0 Å². The van der Waals surface area contributed by atoms with Gasteiger partial charge in [-0.05, 0) is 42.5 Å². The molecule has 198 valence electrons. The molecule has 0 radical (unpaired) electrons. The molecule has 3 heterocycles. The van der Waals surface area contributed by atoms with E-state index >= 15 is 0 Å². The summed E-state index contributed by atoms with van der Waals surface area (Å²) in [5.41, 5.74) is 3.46. The van der Waals surface area contributed by atoms with E-state index in [0.717, 1.165) is 11.3 Å². The summed E-state index contributed by atoms with van der Waals surface area (Å²) in [6, 6.07) is 12.4. The summed E-state index contributed by atoms with van der Waals surface area (Å²) >= 11 is 12.8. The minimum Gasteiger partial charge on any atom is -0.497 e. The second kappa shape index (κ2) is 10.0. The predicted octanol–water partition coefficient (Wildman–Crippen LogP) is 5.18. The van der Waals surface area contributed by atoms with Crippen LogP contribution in [0, 0.1) is 0 Å². The Kier molecular flexibility index (Phi) is 7.08. The zero-order valence-electron chi connectivity index (χ0n) is 20.8. The van der Waals surface area contributed by atoms with Crippen molar-refractivity contribution in [2.75, 3.05) is 50.4 Å². The highest BCUT2D eigenvalue weighted by molar-refractivity contribution is 8.25. The molecule has 9 nitrogen and oxygen atoms in total. The number of nitrogens with zero attached hydrogens (tertiary/aromatic N) is 5. The van der Waals surface area contributed by atoms with E-state index in [9.17, 15) is 13.9 Å². The number of fused-ring (bicyclic) bond motifs is 1. The fourth-order valence-corrected chi connectivity index (χ4v) is 6.95. The Bertz CT molecular complexity index is 1330. The zero-order valence-corrected chi connectivity index (χ0v) is 23.1. The summed E-state index contributed by atoms with van der Waals surface area (Å²) in [6.07, 6.45) is 0. The normalized spacial score (nSPS) is 20.5. The molecule has 2 aliphatic rings. The van der Waals surface area contributed by atoms with E-state index in [1.807, 2.05) is 24.3 Å². The monoisotopic (exact) mass is 565 g/mol. The van der Waals surface area contributed by atoms with Gasteiger partial charge in [0.05, 0.1) is 35.3 Å². The Morgan fingerprint density at radius 1 is 1.08 bits per heavy atom. The van der Waals surface area contributed by atoms with Gasteiger partial charge in [0.2, 0.25) is 5.91 Å². The number of anilines is 1. The van der Waals surface area contributed by atoms with Crippen LogP contribution in [0.2, 0.25) is 10.0 Å². The molecule has 1 atom stereocenters. The lowest BCUT2D eigenvalue weighted by molar-refractivity contribution is -0.130. The number of aromatic nitrogens is 2. The minimum absolute atomic E-state index is 0.0384. The van der Waals surface area contributed by atoms with Gasteiger partial charge in [0.25, 0.3) is 0 Å². The third-order valence-electron chi connectivity index (χ3n) is 7.04. The number of carbonyl (C=O) groups excluding carboxylic acids is 1. The van der Waals surface area contributed by atoms with Crippen LogP contribution in [0.25, 0.3) is 16.9 Å². The Hall–Kier alpha value is -2.47. The molecule has 1 unspecified atom stereocenters. The van der Waals surface area contributed by atoms with Crippen LogP contribution in [0.4, 0.5) is 5.69 Å². The van der Waals surface area contributed by atoms with Crippen molar-refractivity contribution in [3.8, 4) is 22.7 Å². The van der Waals surface area contributed by atoms with Crippen molar-refractivity contribution in [2.24, 2.45) is 0 Å². The third kappa shape index (κ3) is 4.78. The fourth-order valence-electron chi connectivity index (χ4n) is 4.97. The maximum atomic E-state index is 11.9. The molecular weight excluding hydrogens is 537 g/mol. The van der Waals surface area contributed by atoms with Crippen LogP contribution in [-0.4, -0.2) is 80.7 Å². The summed E-state index contributed by atoms with van der Waals surface area (Å²) in [7, 11) is 0.133. The number of hydrogen-bond donors (Lipinski definition) is 2. The molecule has 1 amide bonds. The van der Waals surface area contributed by atoms with Gasteiger partial charge in [0.15, 0.2) is 0 Å². The summed E-state index contributed by atoms with van der Waals surface area (Å²) in [5.74, 6) is 0.854. The first-order chi connectivity index (χ1) is 17.6. The van der Waals surface area contributed by atoms with Crippen molar-refractivity contribution in [2.45, 2.75) is 13.0 Å². The van der Waals surface area contributed by atoms with E-state index < -0.39 is 10.8 Å². The Balaban J connectivity index is 1.69. The Labute approximate surface area is 227 Å². The minimum atomic E-state index is -3.15. The molecule has 0 aliphatic carbocycles. The average Bonchev–Trinajstić information content (AvgIpc) is 3.26. The van der Waals surface area contributed by atoms with Crippen LogP contribution >= 0.6 is 34.0 Å². The van der Waals surface area contributed by atoms with Crippen molar-refractivity contribution < 1.29 is 18.6 Å². The largest absolute Gasteiger partial charge is 0.497 e. The number of ether oxygens (including phenoxy) is 1. The standard InChI is InChI=1S/C25H29Cl2N5O4S/c1-16(33)30-10-12-31(13-11-30)22-15-37(34,35)29(2)25-23(22)28-32(21-9-6-18(26)14-20(21)27)24(25)17-4-7-19(36-3)8-5-17/h4-9,14,22,34-35H,10-13,15H2,1-3H3. The second-order valence-corrected chi connectivity index (χ2v) is 12.2. The lowest BCUT2D eigenvalue weighted by Crippen LogP contribution is -2.51. The van der Waals surface area contributed by atoms with Gasteiger partial charge in [-0.2, -0.15) is 5.10 Å². The van der Waals surface area contributed by atoms with E-state index in [4.69, 9.17) is 33.0 Å². The van der Waals surface area contributed by atoms with E-state index in [1.165, 1.54) is 4.31 Å². The van der Waals surface area contributed by atoms with Crippen LogP contribution in [0.5, 0.6) is 5.75 Å². The van der Waals surface area contributed by atoms with E-state index in [0.29, 0.717) is 59.0 Å². The van der Waals surface area contributed by atoms with Gasteiger partial charge < -0.3 is 9.64 Å². The lowest BCUT2D eigenvalue weighted by atomic mass is 10.1. The topological polar surface area (TPSA) is 94.3 Å². The first-order valence-electron chi connectivity index (χ1n) is 11.8. The molecule has 1 fully saturated rings. The van der Waals surface area contributed by atoms with Gasteiger partial charge in [0, 0.05) is 50.7 Å². The number of benzene rings is 2. The quantitative estimate of drug-likeness (QED) is 0.450. The first-order valence-corrected chi connectivity index (χ1v) is 14.3. The molecule has 2 aliphatic heterocycles. The van der Waals surface area contributed by atoms with Crippen LogP contribution in [0.1, 0.15) is 18.7 Å². The molecule has 1 saturated heterocycles. The number of methoxy groups -OCH3 is 1. The van der Waals surface area contributed by atoms with Crippen molar-refractivity contribution in [3.63, 3.8) is 0 Å². The number of hydrogen-bond acceptors (Lipinski definition) is 7. The highest BCUT2D eigenvalue weighted by Gasteiger charge is 2.43. The number of amides is 1. The molecular formula is C25H29Cl2N5O4S. The smallest absolute Gasteiger partial charge is 0.219 e. The van der Waals surface area contributed by atoms with Crippen LogP contribution in [-0.2, 0) is 4.79 Å². The number of piperazine rings is 1. The second-order valence-electron chi connectivity index (χ2n) is 9.17. The first kappa shape index (κ1) is 26.1. The number of rotatable bonds is 4. The zero-order chi connectivity index (χ0) is 26.5. The molecule has 2 N–H and O–H groups in total.